The van der Waals surface area contributed by atoms with Crippen molar-refractivity contribution < 1.29 is 9.53 Å². The molecule has 0 aliphatic heterocycles. The van der Waals surface area contributed by atoms with Gasteiger partial charge in [-0.15, -0.1) is 6.58 Å². The van der Waals surface area contributed by atoms with E-state index in [0.29, 0.717) is 17.9 Å². The second-order valence-corrected chi connectivity index (χ2v) is 2.23. The van der Waals surface area contributed by atoms with Crippen LogP contribution in [-0.4, -0.2) is 23.0 Å². The highest BCUT2D eigenvalue weighted by atomic mass is 16.5. The molecule has 0 saturated heterocycles. The Balaban J connectivity index is 2.76. The third-order valence-corrected chi connectivity index (χ3v) is 1.37. The largest absolute Gasteiger partial charge is 0.464 e. The molecule has 1 aromatic heterocycles. The number of hydrogen-bond donors (Lipinski definition) is 1. The fourth-order valence-electron chi connectivity index (χ4n) is 0.817. The van der Waals surface area contributed by atoms with Crippen molar-refractivity contribution in [3.63, 3.8) is 0 Å². The zero-order valence-electron chi connectivity index (χ0n) is 6.83. The fraction of sp³-hybridized carbons (Fsp3) is 0.250. The van der Waals surface area contributed by atoms with Gasteiger partial charge in [-0.1, -0.05) is 6.08 Å². The zero-order chi connectivity index (χ0) is 8.97. The molecule has 0 amide bonds. The van der Waals surface area contributed by atoms with Crippen LogP contribution in [0.2, 0.25) is 0 Å². The van der Waals surface area contributed by atoms with Gasteiger partial charge in [-0.05, 0) is 0 Å². The van der Waals surface area contributed by atoms with Crippen molar-refractivity contribution in [3.8, 4) is 0 Å². The molecule has 0 aliphatic rings. The Morgan fingerprint density at radius 2 is 2.67 bits per heavy atom. The third kappa shape index (κ3) is 1.72. The summed E-state index contributed by atoms with van der Waals surface area (Å²) in [5, 5.41) is 0. The van der Waals surface area contributed by atoms with Gasteiger partial charge in [0.1, 0.15) is 11.5 Å². The molecule has 0 atom stereocenters. The summed E-state index contributed by atoms with van der Waals surface area (Å²) in [5.74, 6) is 0.309. The molecule has 4 nitrogen and oxygen atoms in total. The maximum Gasteiger partial charge on any atom is 0.356 e. The van der Waals surface area contributed by atoms with Gasteiger partial charge >= 0.3 is 5.97 Å². The number of nitrogens with one attached hydrogen (secondary N) is 1. The first kappa shape index (κ1) is 8.52. The molecule has 0 aromatic carbocycles. The predicted molar refractivity (Wildman–Crippen MR) is 43.8 cm³/mol. The highest BCUT2D eigenvalue weighted by molar-refractivity contribution is 5.86. The van der Waals surface area contributed by atoms with Crippen LogP contribution in [0.3, 0.4) is 0 Å². The number of hydrogen-bond acceptors (Lipinski definition) is 3. The van der Waals surface area contributed by atoms with Crippen molar-refractivity contribution in [2.75, 3.05) is 7.11 Å². The Morgan fingerprint density at radius 3 is 3.25 bits per heavy atom. The number of imidazole rings is 1. The molecule has 0 spiro atoms. The lowest BCUT2D eigenvalue weighted by Gasteiger charge is -1.92. The van der Waals surface area contributed by atoms with E-state index in [9.17, 15) is 4.79 Å². The molecule has 0 radical (unpaired) electrons. The number of ether oxygens (including phenoxy) is 1. The molecule has 1 heterocycles. The molecule has 0 unspecified atom stereocenters. The van der Waals surface area contributed by atoms with Crippen LogP contribution in [0.15, 0.2) is 18.9 Å². The van der Waals surface area contributed by atoms with Crippen molar-refractivity contribution in [2.24, 2.45) is 0 Å². The third-order valence-electron chi connectivity index (χ3n) is 1.37. The Labute approximate surface area is 70.3 Å². The Hall–Kier alpha value is -1.58. The molecule has 12 heavy (non-hydrogen) atoms. The molecule has 0 aliphatic carbocycles. The van der Waals surface area contributed by atoms with E-state index in [4.69, 9.17) is 0 Å². The molecule has 1 N–H and O–H groups in total. The van der Waals surface area contributed by atoms with Gasteiger partial charge in [-0.25, -0.2) is 9.78 Å². The quantitative estimate of drug-likeness (QED) is 0.536. The monoisotopic (exact) mass is 166 g/mol. The number of rotatable bonds is 3. The summed E-state index contributed by atoms with van der Waals surface area (Å²) in [4.78, 5) is 17.7. The summed E-state index contributed by atoms with van der Waals surface area (Å²) < 4.78 is 4.49. The molecule has 4 heteroatoms. The Kier molecular flexibility index (Phi) is 2.63. The first-order valence-corrected chi connectivity index (χ1v) is 3.51. The SMILES string of the molecule is C=CCc1ncc(C(=O)OC)[nH]1. The Morgan fingerprint density at radius 1 is 1.92 bits per heavy atom. The number of carbonyl (C=O) groups is 1. The summed E-state index contributed by atoms with van der Waals surface area (Å²) in [5.41, 5.74) is 0.370. The number of aromatic nitrogens is 2. The molecule has 0 bridgehead atoms. The average Bonchev–Trinajstić information content (AvgIpc) is 2.52. The zero-order valence-corrected chi connectivity index (χ0v) is 6.83. The Bertz CT molecular complexity index is 291. The smallest absolute Gasteiger partial charge is 0.356 e. The van der Waals surface area contributed by atoms with Crippen LogP contribution in [0, 0.1) is 0 Å². The minimum atomic E-state index is -0.405. The van der Waals surface area contributed by atoms with E-state index in [2.05, 4.69) is 21.3 Å². The van der Waals surface area contributed by atoms with Gasteiger partial charge in [0, 0.05) is 6.42 Å². The van der Waals surface area contributed by atoms with Gasteiger partial charge in [0.05, 0.1) is 13.3 Å². The van der Waals surface area contributed by atoms with Crippen LogP contribution < -0.4 is 0 Å². The van der Waals surface area contributed by atoms with Crippen molar-refractivity contribution in [2.45, 2.75) is 6.42 Å². The molecule has 1 aromatic rings. The molecule has 64 valence electrons. The highest BCUT2D eigenvalue weighted by Gasteiger charge is 2.07. The van der Waals surface area contributed by atoms with Gasteiger partial charge in [0.15, 0.2) is 0 Å². The van der Waals surface area contributed by atoms with E-state index in [0.717, 1.165) is 0 Å². The average molecular weight is 166 g/mol. The molecular formula is C8H10N2O2. The van der Waals surface area contributed by atoms with Crippen LogP contribution >= 0.6 is 0 Å². The summed E-state index contributed by atoms with van der Waals surface area (Å²) in [6.45, 7) is 3.55. The fourth-order valence-corrected chi connectivity index (χ4v) is 0.817. The van der Waals surface area contributed by atoms with Crippen LogP contribution in [0.1, 0.15) is 16.3 Å². The van der Waals surface area contributed by atoms with Gasteiger partial charge in [-0.2, -0.15) is 0 Å². The summed E-state index contributed by atoms with van der Waals surface area (Å²) >= 11 is 0. The minimum absolute atomic E-state index is 0.370. The van der Waals surface area contributed by atoms with E-state index in [1.54, 1.807) is 6.08 Å². The van der Waals surface area contributed by atoms with Crippen LogP contribution in [0.4, 0.5) is 0 Å². The number of aromatic amines is 1. The summed E-state index contributed by atoms with van der Waals surface area (Å²) in [6, 6.07) is 0. The first-order chi connectivity index (χ1) is 5.77. The van der Waals surface area contributed by atoms with Crippen LogP contribution in [0.5, 0.6) is 0 Å². The van der Waals surface area contributed by atoms with Crippen molar-refractivity contribution in [1.82, 2.24) is 9.97 Å². The lowest BCUT2D eigenvalue weighted by molar-refractivity contribution is 0.0594. The van der Waals surface area contributed by atoms with Crippen molar-refractivity contribution >= 4 is 5.97 Å². The van der Waals surface area contributed by atoms with E-state index in [-0.39, 0.29) is 0 Å². The first-order valence-electron chi connectivity index (χ1n) is 3.51. The van der Waals surface area contributed by atoms with Gasteiger partial charge in [0.2, 0.25) is 0 Å². The van der Waals surface area contributed by atoms with Gasteiger partial charge in [-0.3, -0.25) is 0 Å². The van der Waals surface area contributed by atoms with E-state index in [1.165, 1.54) is 13.3 Å². The maximum absolute atomic E-state index is 10.9. The maximum atomic E-state index is 10.9. The minimum Gasteiger partial charge on any atom is -0.464 e. The van der Waals surface area contributed by atoms with Gasteiger partial charge < -0.3 is 9.72 Å². The highest BCUT2D eigenvalue weighted by Crippen LogP contribution is 1.99. The van der Waals surface area contributed by atoms with Gasteiger partial charge in [0.25, 0.3) is 0 Å². The molecule has 1 rings (SSSR count). The standard InChI is InChI=1S/C8H10N2O2/c1-3-4-7-9-5-6(10-7)8(11)12-2/h3,5H,1,4H2,2H3,(H,9,10). The topological polar surface area (TPSA) is 55.0 Å². The number of H-pyrrole nitrogens is 1. The van der Waals surface area contributed by atoms with Crippen molar-refractivity contribution in [1.29, 1.82) is 0 Å². The number of esters is 1. The second-order valence-electron chi connectivity index (χ2n) is 2.23. The molecule has 0 saturated carbocycles. The number of methoxy groups -OCH3 is 1. The second kappa shape index (κ2) is 3.71. The number of allylic oxidation sites excluding steroid dienone is 1. The molecular weight excluding hydrogens is 156 g/mol. The number of nitrogens with zero attached hydrogens (tertiary/aromatic N) is 1. The van der Waals surface area contributed by atoms with Crippen LogP contribution in [0.25, 0.3) is 0 Å². The van der Waals surface area contributed by atoms with Crippen molar-refractivity contribution in [3.05, 3.63) is 30.4 Å². The summed E-state index contributed by atoms with van der Waals surface area (Å²) in [6.07, 6.45) is 3.78. The lowest BCUT2D eigenvalue weighted by Crippen LogP contribution is -2.01. The predicted octanol–water partition coefficient (Wildman–Crippen LogP) is 0.925. The summed E-state index contributed by atoms with van der Waals surface area (Å²) in [7, 11) is 1.33. The number of carbonyl (C=O) groups excluding carboxylic acids is 1. The molecule has 0 fully saturated rings. The van der Waals surface area contributed by atoms with Crippen LogP contribution in [-0.2, 0) is 11.2 Å². The van der Waals surface area contributed by atoms with E-state index >= 15 is 0 Å². The van der Waals surface area contributed by atoms with E-state index < -0.39 is 5.97 Å². The van der Waals surface area contributed by atoms with E-state index in [1.807, 2.05) is 0 Å². The lowest BCUT2D eigenvalue weighted by atomic mass is 10.4. The normalized spacial score (nSPS) is 9.42.